The molecule has 1 aromatic heterocycles. The van der Waals surface area contributed by atoms with Crippen molar-refractivity contribution in [1.29, 1.82) is 0 Å². The maximum absolute atomic E-state index is 10.4. The first kappa shape index (κ1) is 8.21. The summed E-state index contributed by atoms with van der Waals surface area (Å²) in [7, 11) is 0. The Labute approximate surface area is 70.2 Å². The van der Waals surface area contributed by atoms with Crippen LogP contribution >= 0.6 is 11.6 Å². The molecule has 58 valence electrons. The van der Waals surface area contributed by atoms with Crippen LogP contribution in [0.4, 0.5) is 0 Å². The van der Waals surface area contributed by atoms with Gasteiger partial charge < -0.3 is 0 Å². The van der Waals surface area contributed by atoms with Gasteiger partial charge >= 0.3 is 0 Å². The smallest absolute Gasteiger partial charge is 0.221 e. The van der Waals surface area contributed by atoms with Crippen molar-refractivity contribution in [3.8, 4) is 0 Å². The number of hydrogen-bond acceptors (Lipinski definition) is 2. The first-order valence-corrected chi connectivity index (χ1v) is 3.74. The predicted molar refractivity (Wildman–Crippen MR) is 43.4 cm³/mol. The Balaban J connectivity index is 2.45. The van der Waals surface area contributed by atoms with Gasteiger partial charge in [0.2, 0.25) is 5.24 Å². The molecule has 1 heterocycles. The van der Waals surface area contributed by atoms with Gasteiger partial charge in [0.15, 0.2) is 0 Å². The number of aryl methyl sites for hydroxylation is 1. The van der Waals surface area contributed by atoms with Crippen molar-refractivity contribution < 1.29 is 4.79 Å². The van der Waals surface area contributed by atoms with Crippen molar-refractivity contribution >= 4 is 16.8 Å². The van der Waals surface area contributed by atoms with Gasteiger partial charge in [-0.05, 0) is 35.7 Å². The fourth-order valence-corrected chi connectivity index (χ4v) is 0.887. The summed E-state index contributed by atoms with van der Waals surface area (Å²) in [5.41, 5.74) is 1.09. The SMILES string of the molecule is O=C(Cl)CCc1ccncc1. The number of hydrogen-bond donors (Lipinski definition) is 0. The summed E-state index contributed by atoms with van der Waals surface area (Å²) >= 11 is 5.17. The highest BCUT2D eigenvalue weighted by Crippen LogP contribution is 2.02. The number of rotatable bonds is 3. The largest absolute Gasteiger partial charge is 0.281 e. The van der Waals surface area contributed by atoms with Crippen molar-refractivity contribution in [1.82, 2.24) is 4.98 Å². The van der Waals surface area contributed by atoms with E-state index in [0.29, 0.717) is 12.8 Å². The number of pyridine rings is 1. The Morgan fingerprint density at radius 3 is 2.64 bits per heavy atom. The summed E-state index contributed by atoms with van der Waals surface area (Å²) in [4.78, 5) is 14.2. The molecule has 0 aliphatic carbocycles. The Morgan fingerprint density at radius 1 is 1.45 bits per heavy atom. The second-order valence-corrected chi connectivity index (χ2v) is 2.63. The van der Waals surface area contributed by atoms with E-state index in [4.69, 9.17) is 11.6 Å². The zero-order valence-corrected chi connectivity index (χ0v) is 6.71. The van der Waals surface area contributed by atoms with Crippen molar-refractivity contribution in [2.24, 2.45) is 0 Å². The molecular weight excluding hydrogens is 162 g/mol. The Morgan fingerprint density at radius 2 is 2.09 bits per heavy atom. The Bertz CT molecular complexity index is 235. The van der Waals surface area contributed by atoms with E-state index in [-0.39, 0.29) is 5.24 Å². The van der Waals surface area contributed by atoms with Crippen LogP contribution in [-0.4, -0.2) is 10.2 Å². The van der Waals surface area contributed by atoms with Gasteiger partial charge in [-0.15, -0.1) is 0 Å². The van der Waals surface area contributed by atoms with Crippen LogP contribution in [0.15, 0.2) is 24.5 Å². The van der Waals surface area contributed by atoms with Crippen LogP contribution in [0.5, 0.6) is 0 Å². The van der Waals surface area contributed by atoms with E-state index in [1.54, 1.807) is 12.4 Å². The highest BCUT2D eigenvalue weighted by Gasteiger charge is 1.96. The quantitative estimate of drug-likeness (QED) is 0.646. The van der Waals surface area contributed by atoms with Crippen LogP contribution < -0.4 is 0 Å². The van der Waals surface area contributed by atoms with Gasteiger partial charge in [0, 0.05) is 18.8 Å². The van der Waals surface area contributed by atoms with E-state index in [1.807, 2.05) is 12.1 Å². The van der Waals surface area contributed by atoms with E-state index in [9.17, 15) is 4.79 Å². The Hall–Kier alpha value is -0.890. The van der Waals surface area contributed by atoms with Crippen LogP contribution in [0.1, 0.15) is 12.0 Å². The average molecular weight is 170 g/mol. The van der Waals surface area contributed by atoms with Crippen molar-refractivity contribution in [2.45, 2.75) is 12.8 Å². The molecule has 0 bridgehead atoms. The van der Waals surface area contributed by atoms with Crippen LogP contribution in [0.3, 0.4) is 0 Å². The first-order chi connectivity index (χ1) is 5.29. The fourth-order valence-electron chi connectivity index (χ4n) is 0.792. The van der Waals surface area contributed by atoms with Gasteiger partial charge in [-0.2, -0.15) is 0 Å². The molecule has 0 radical (unpaired) electrons. The zero-order valence-electron chi connectivity index (χ0n) is 5.96. The second kappa shape index (κ2) is 4.09. The fraction of sp³-hybridized carbons (Fsp3) is 0.250. The molecular formula is C8H8ClNO. The van der Waals surface area contributed by atoms with E-state index in [1.165, 1.54) is 0 Å². The minimum absolute atomic E-state index is 0.290. The summed E-state index contributed by atoms with van der Waals surface area (Å²) < 4.78 is 0. The highest BCUT2D eigenvalue weighted by atomic mass is 35.5. The number of carbonyl (C=O) groups is 1. The molecule has 0 saturated carbocycles. The molecule has 11 heavy (non-hydrogen) atoms. The van der Waals surface area contributed by atoms with E-state index in [2.05, 4.69) is 4.98 Å². The average Bonchev–Trinajstić information content (AvgIpc) is 2.03. The number of carbonyl (C=O) groups excluding carboxylic acids is 1. The monoisotopic (exact) mass is 169 g/mol. The van der Waals surface area contributed by atoms with Crippen LogP contribution in [-0.2, 0) is 11.2 Å². The van der Waals surface area contributed by atoms with Gasteiger partial charge in [0.1, 0.15) is 0 Å². The van der Waals surface area contributed by atoms with Gasteiger partial charge in [0.25, 0.3) is 0 Å². The molecule has 0 atom stereocenters. The molecule has 2 nitrogen and oxygen atoms in total. The lowest BCUT2D eigenvalue weighted by Crippen LogP contribution is -1.90. The highest BCUT2D eigenvalue weighted by molar-refractivity contribution is 6.63. The first-order valence-electron chi connectivity index (χ1n) is 3.36. The van der Waals surface area contributed by atoms with Gasteiger partial charge in [-0.1, -0.05) is 0 Å². The maximum Gasteiger partial charge on any atom is 0.221 e. The van der Waals surface area contributed by atoms with Gasteiger partial charge in [-0.25, -0.2) is 0 Å². The number of halogens is 1. The molecule has 0 aliphatic heterocycles. The van der Waals surface area contributed by atoms with Crippen molar-refractivity contribution in [2.75, 3.05) is 0 Å². The number of aromatic nitrogens is 1. The molecule has 3 heteroatoms. The summed E-state index contributed by atoms with van der Waals surface area (Å²) in [5.74, 6) is 0. The van der Waals surface area contributed by atoms with Crippen LogP contribution in [0.25, 0.3) is 0 Å². The van der Waals surface area contributed by atoms with Crippen molar-refractivity contribution in [3.63, 3.8) is 0 Å². The normalized spacial score (nSPS) is 9.55. The topological polar surface area (TPSA) is 30.0 Å². The minimum Gasteiger partial charge on any atom is -0.281 e. The third kappa shape index (κ3) is 3.14. The van der Waals surface area contributed by atoms with Gasteiger partial charge in [-0.3, -0.25) is 9.78 Å². The zero-order chi connectivity index (χ0) is 8.10. The third-order valence-corrected chi connectivity index (χ3v) is 1.55. The van der Waals surface area contributed by atoms with Gasteiger partial charge in [0.05, 0.1) is 0 Å². The summed E-state index contributed by atoms with van der Waals surface area (Å²) in [6, 6.07) is 3.75. The lowest BCUT2D eigenvalue weighted by molar-refractivity contribution is -0.111. The van der Waals surface area contributed by atoms with E-state index < -0.39 is 0 Å². The molecule has 0 N–H and O–H groups in total. The van der Waals surface area contributed by atoms with Crippen LogP contribution in [0, 0.1) is 0 Å². The summed E-state index contributed by atoms with van der Waals surface area (Å²) in [6.07, 6.45) is 4.50. The molecule has 0 fully saturated rings. The molecule has 0 aromatic carbocycles. The molecule has 1 rings (SSSR count). The lowest BCUT2D eigenvalue weighted by Gasteiger charge is -1.94. The molecule has 0 saturated heterocycles. The molecule has 0 amide bonds. The standard InChI is InChI=1S/C8H8ClNO/c9-8(11)2-1-7-3-5-10-6-4-7/h3-6H,1-2H2. The summed E-state index contributed by atoms with van der Waals surface area (Å²) in [6.45, 7) is 0. The molecule has 0 aliphatic rings. The lowest BCUT2D eigenvalue weighted by atomic mass is 10.2. The Kier molecular flexibility index (Phi) is 3.05. The minimum atomic E-state index is -0.290. The summed E-state index contributed by atoms with van der Waals surface area (Å²) in [5, 5.41) is -0.290. The molecule has 1 aromatic rings. The van der Waals surface area contributed by atoms with E-state index in [0.717, 1.165) is 5.56 Å². The predicted octanol–water partition coefficient (Wildman–Crippen LogP) is 1.78. The molecule has 0 unspecified atom stereocenters. The molecule has 0 spiro atoms. The van der Waals surface area contributed by atoms with Crippen LogP contribution in [0.2, 0.25) is 0 Å². The third-order valence-electron chi connectivity index (χ3n) is 1.36. The number of nitrogens with zero attached hydrogens (tertiary/aromatic N) is 1. The maximum atomic E-state index is 10.4. The van der Waals surface area contributed by atoms with E-state index >= 15 is 0 Å². The van der Waals surface area contributed by atoms with Crippen molar-refractivity contribution in [3.05, 3.63) is 30.1 Å². The second-order valence-electron chi connectivity index (χ2n) is 2.21.